The summed E-state index contributed by atoms with van der Waals surface area (Å²) in [5.41, 5.74) is 0.962. The molecule has 1 aliphatic heterocycles. The maximum absolute atomic E-state index is 6.19. The van der Waals surface area contributed by atoms with Crippen molar-refractivity contribution >= 4 is 53.1 Å². The number of hydrogen-bond donors (Lipinski definition) is 2. The molecule has 0 unspecified atom stereocenters. The van der Waals surface area contributed by atoms with E-state index in [2.05, 4.69) is 30.4 Å². The van der Waals surface area contributed by atoms with Crippen molar-refractivity contribution in [3.8, 4) is 0 Å². The molecule has 2 heterocycles. The number of aryl methyl sites for hydroxylation is 1. The summed E-state index contributed by atoms with van der Waals surface area (Å²) in [6.07, 6.45) is 3.38. The number of guanidine groups is 1. The van der Waals surface area contributed by atoms with Crippen molar-refractivity contribution in [1.82, 2.24) is 25.4 Å². The van der Waals surface area contributed by atoms with Crippen LogP contribution in [0, 0.1) is 0 Å². The van der Waals surface area contributed by atoms with E-state index in [4.69, 9.17) is 23.2 Å². The number of nitrogens with zero attached hydrogens (tertiary/aromatic N) is 4. The Hall–Kier alpha value is -1.06. The average molecular weight is 495 g/mol. The summed E-state index contributed by atoms with van der Waals surface area (Å²) in [5, 5.41) is 16.3. The van der Waals surface area contributed by atoms with Gasteiger partial charge >= 0.3 is 0 Å². The van der Waals surface area contributed by atoms with Crippen molar-refractivity contribution in [3.63, 3.8) is 0 Å². The van der Waals surface area contributed by atoms with Crippen LogP contribution in [0.1, 0.15) is 30.1 Å². The number of rotatable bonds is 4. The Morgan fingerprint density at radius 3 is 2.76 bits per heavy atom. The van der Waals surface area contributed by atoms with E-state index >= 15 is 0 Å². The van der Waals surface area contributed by atoms with Gasteiger partial charge in [-0.1, -0.05) is 29.3 Å². The zero-order chi connectivity index (χ0) is 16.9. The monoisotopic (exact) mass is 494 g/mol. The maximum Gasteiger partial charge on any atom is 0.191 e. The van der Waals surface area contributed by atoms with Gasteiger partial charge in [0.25, 0.3) is 0 Å². The Kier molecular flexibility index (Phi) is 7.77. The second kappa shape index (κ2) is 9.59. The lowest BCUT2D eigenvalue weighted by Crippen LogP contribution is -2.37. The van der Waals surface area contributed by atoms with Gasteiger partial charge in [0.15, 0.2) is 11.8 Å². The van der Waals surface area contributed by atoms with Gasteiger partial charge in [0.05, 0.1) is 6.54 Å². The molecule has 1 aromatic heterocycles. The Labute approximate surface area is 174 Å². The van der Waals surface area contributed by atoms with Gasteiger partial charge in [-0.3, -0.25) is 4.99 Å². The van der Waals surface area contributed by atoms with Crippen LogP contribution in [0.4, 0.5) is 0 Å². The van der Waals surface area contributed by atoms with Crippen LogP contribution in [0.2, 0.25) is 10.0 Å². The summed E-state index contributed by atoms with van der Waals surface area (Å²) < 4.78 is 2.19. The molecule has 0 bridgehead atoms. The molecule has 1 aliphatic rings. The van der Waals surface area contributed by atoms with Gasteiger partial charge in [0, 0.05) is 36.6 Å². The SMILES string of the molecule is CN=C(NCc1ccc(Cl)cc1Cl)NCc1nnc2n1CCCC2.I. The summed E-state index contributed by atoms with van der Waals surface area (Å²) in [6, 6.07) is 5.46. The van der Waals surface area contributed by atoms with E-state index in [-0.39, 0.29) is 24.0 Å². The van der Waals surface area contributed by atoms with Crippen molar-refractivity contribution in [2.45, 2.75) is 38.9 Å². The maximum atomic E-state index is 6.19. The number of aromatic nitrogens is 3. The molecule has 0 radical (unpaired) electrons. The quantitative estimate of drug-likeness (QED) is 0.388. The summed E-state index contributed by atoms with van der Waals surface area (Å²) in [5.74, 6) is 2.71. The molecule has 9 heteroatoms. The van der Waals surface area contributed by atoms with Crippen LogP contribution in [-0.4, -0.2) is 27.8 Å². The number of benzene rings is 1. The Morgan fingerprint density at radius 1 is 1.20 bits per heavy atom. The van der Waals surface area contributed by atoms with Crippen molar-refractivity contribution in [2.75, 3.05) is 7.05 Å². The lowest BCUT2D eigenvalue weighted by Gasteiger charge is -2.16. The third-order valence-corrected chi connectivity index (χ3v) is 4.62. The molecule has 0 saturated heterocycles. The average Bonchev–Trinajstić information content (AvgIpc) is 3.00. The number of hydrogen-bond acceptors (Lipinski definition) is 3. The molecule has 0 amide bonds. The minimum absolute atomic E-state index is 0. The van der Waals surface area contributed by atoms with Crippen molar-refractivity contribution < 1.29 is 0 Å². The molecule has 2 aromatic rings. The van der Waals surface area contributed by atoms with Crippen LogP contribution >= 0.6 is 47.2 Å². The molecule has 25 heavy (non-hydrogen) atoms. The molecule has 0 saturated carbocycles. The zero-order valence-corrected chi connectivity index (χ0v) is 17.8. The molecule has 0 aliphatic carbocycles. The highest BCUT2D eigenvalue weighted by Gasteiger charge is 2.15. The molecule has 0 fully saturated rings. The molecular formula is C16H21Cl2IN6. The predicted molar refractivity (Wildman–Crippen MR) is 112 cm³/mol. The largest absolute Gasteiger partial charge is 0.352 e. The molecule has 3 rings (SSSR count). The summed E-state index contributed by atoms with van der Waals surface area (Å²) in [4.78, 5) is 4.23. The minimum atomic E-state index is 0. The van der Waals surface area contributed by atoms with Gasteiger partial charge in [-0.25, -0.2) is 0 Å². The third-order valence-electron chi connectivity index (χ3n) is 4.04. The second-order valence-electron chi connectivity index (χ2n) is 5.66. The van der Waals surface area contributed by atoms with Crippen molar-refractivity contribution in [3.05, 3.63) is 45.5 Å². The van der Waals surface area contributed by atoms with E-state index < -0.39 is 0 Å². The van der Waals surface area contributed by atoms with E-state index in [0.717, 1.165) is 30.2 Å². The fraction of sp³-hybridized carbons (Fsp3) is 0.438. The van der Waals surface area contributed by atoms with E-state index in [1.165, 1.54) is 12.8 Å². The topological polar surface area (TPSA) is 67.1 Å². The van der Waals surface area contributed by atoms with Gasteiger partial charge in [0.2, 0.25) is 0 Å². The number of fused-ring (bicyclic) bond motifs is 1. The van der Waals surface area contributed by atoms with Crippen LogP contribution in [0.3, 0.4) is 0 Å². The first kappa shape index (κ1) is 20.3. The van der Waals surface area contributed by atoms with Crippen molar-refractivity contribution in [2.24, 2.45) is 4.99 Å². The molecule has 6 nitrogen and oxygen atoms in total. The lowest BCUT2D eigenvalue weighted by molar-refractivity contribution is 0.504. The van der Waals surface area contributed by atoms with Crippen LogP contribution in [0.15, 0.2) is 23.2 Å². The summed E-state index contributed by atoms with van der Waals surface area (Å²) >= 11 is 12.1. The molecule has 0 spiro atoms. The smallest absolute Gasteiger partial charge is 0.191 e. The molecule has 2 N–H and O–H groups in total. The van der Waals surface area contributed by atoms with Crippen LogP contribution < -0.4 is 10.6 Å². The molecule has 0 atom stereocenters. The Morgan fingerprint density at radius 2 is 2.00 bits per heavy atom. The Bertz CT molecular complexity index is 746. The van der Waals surface area contributed by atoms with Gasteiger partial charge in [-0.2, -0.15) is 0 Å². The Balaban J connectivity index is 0.00000225. The highest BCUT2D eigenvalue weighted by Crippen LogP contribution is 2.20. The fourth-order valence-electron chi connectivity index (χ4n) is 2.73. The van der Waals surface area contributed by atoms with E-state index in [0.29, 0.717) is 29.1 Å². The predicted octanol–water partition coefficient (Wildman–Crippen LogP) is 3.40. The van der Waals surface area contributed by atoms with Gasteiger partial charge in [-0.15, -0.1) is 34.2 Å². The molecular weight excluding hydrogens is 474 g/mol. The number of nitrogens with one attached hydrogen (secondary N) is 2. The zero-order valence-electron chi connectivity index (χ0n) is 13.9. The third kappa shape index (κ3) is 5.21. The lowest BCUT2D eigenvalue weighted by atomic mass is 10.2. The highest BCUT2D eigenvalue weighted by atomic mass is 127. The number of aliphatic imine (C=N–C) groups is 1. The summed E-state index contributed by atoms with van der Waals surface area (Å²) in [6.45, 7) is 2.14. The van der Waals surface area contributed by atoms with Crippen LogP contribution in [0.25, 0.3) is 0 Å². The van der Waals surface area contributed by atoms with E-state index in [1.54, 1.807) is 13.1 Å². The van der Waals surface area contributed by atoms with Gasteiger partial charge in [0.1, 0.15) is 5.82 Å². The highest BCUT2D eigenvalue weighted by molar-refractivity contribution is 14.0. The second-order valence-corrected chi connectivity index (χ2v) is 6.50. The van der Waals surface area contributed by atoms with E-state index in [9.17, 15) is 0 Å². The molecule has 136 valence electrons. The first-order chi connectivity index (χ1) is 11.7. The van der Waals surface area contributed by atoms with Gasteiger partial charge in [-0.05, 0) is 30.5 Å². The first-order valence-corrected chi connectivity index (χ1v) is 8.72. The first-order valence-electron chi connectivity index (χ1n) is 7.97. The standard InChI is InChI=1S/C16H20Cl2N6.HI/c1-19-16(20-9-11-5-6-12(17)8-13(11)18)21-10-15-23-22-14-4-2-3-7-24(14)15;/h5-6,8H,2-4,7,9-10H2,1H3,(H2,19,20,21);1H. The van der Waals surface area contributed by atoms with Crippen molar-refractivity contribution in [1.29, 1.82) is 0 Å². The van der Waals surface area contributed by atoms with E-state index in [1.807, 2.05) is 12.1 Å². The minimum Gasteiger partial charge on any atom is -0.352 e. The summed E-state index contributed by atoms with van der Waals surface area (Å²) in [7, 11) is 1.73. The van der Waals surface area contributed by atoms with Crippen LogP contribution in [-0.2, 0) is 26.1 Å². The number of halogens is 3. The van der Waals surface area contributed by atoms with Gasteiger partial charge < -0.3 is 15.2 Å². The molecule has 1 aromatic carbocycles. The fourth-order valence-corrected chi connectivity index (χ4v) is 3.20. The van der Waals surface area contributed by atoms with Crippen LogP contribution in [0.5, 0.6) is 0 Å². The normalized spacial score (nSPS) is 13.8.